The van der Waals surface area contributed by atoms with E-state index in [1.807, 2.05) is 25.7 Å². The van der Waals surface area contributed by atoms with Crippen molar-refractivity contribution in [3.63, 3.8) is 0 Å². The van der Waals surface area contributed by atoms with Crippen molar-refractivity contribution in [3.8, 4) is 0 Å². The van der Waals surface area contributed by atoms with E-state index in [9.17, 15) is 4.79 Å². The fraction of sp³-hybridized carbons (Fsp3) is 0.636. The molecule has 5 nitrogen and oxygen atoms in total. The van der Waals surface area contributed by atoms with Crippen LogP contribution in [0.4, 0.5) is 0 Å². The number of aromatic nitrogens is 1. The second kappa shape index (κ2) is 3.90. The van der Waals surface area contributed by atoms with Crippen molar-refractivity contribution in [2.45, 2.75) is 26.3 Å². The zero-order valence-electron chi connectivity index (χ0n) is 9.91. The van der Waals surface area contributed by atoms with Gasteiger partial charge in [-0.05, 0) is 20.8 Å². The molecule has 1 aromatic heterocycles. The first-order valence-corrected chi connectivity index (χ1v) is 5.46. The number of nitrogens with zero attached hydrogens (tertiary/aromatic N) is 2. The second-order valence-corrected chi connectivity index (χ2v) is 4.78. The van der Waals surface area contributed by atoms with E-state index < -0.39 is 0 Å². The topological polar surface area (TPSA) is 58.4 Å². The lowest BCUT2D eigenvalue weighted by Crippen LogP contribution is -2.59. The first kappa shape index (κ1) is 11.1. The maximum absolute atomic E-state index is 12.3. The van der Waals surface area contributed by atoms with E-state index in [0.717, 1.165) is 18.7 Å². The molecule has 1 N–H and O–H groups in total. The van der Waals surface area contributed by atoms with Gasteiger partial charge in [0.1, 0.15) is 0 Å². The van der Waals surface area contributed by atoms with Gasteiger partial charge in [0.25, 0.3) is 5.91 Å². The van der Waals surface area contributed by atoms with Crippen LogP contribution in [0.15, 0.2) is 10.7 Å². The van der Waals surface area contributed by atoms with Crippen molar-refractivity contribution in [1.82, 2.24) is 15.4 Å². The van der Waals surface area contributed by atoms with Crippen LogP contribution in [0, 0.1) is 6.92 Å². The van der Waals surface area contributed by atoms with Gasteiger partial charge in [-0.15, -0.1) is 0 Å². The molecule has 16 heavy (non-hydrogen) atoms. The molecule has 1 aliphatic heterocycles. The third-order valence-corrected chi connectivity index (χ3v) is 2.99. The molecule has 0 bridgehead atoms. The molecular weight excluding hydrogens is 206 g/mol. The second-order valence-electron chi connectivity index (χ2n) is 4.78. The number of carbonyl (C=O) groups is 1. The van der Waals surface area contributed by atoms with Crippen LogP contribution in [-0.2, 0) is 0 Å². The van der Waals surface area contributed by atoms with E-state index in [-0.39, 0.29) is 11.4 Å². The largest absolute Gasteiger partial charge is 0.351 e. The van der Waals surface area contributed by atoms with Crippen LogP contribution in [0.1, 0.15) is 30.0 Å². The van der Waals surface area contributed by atoms with Crippen LogP contribution in [0.2, 0.25) is 0 Å². The normalized spacial score (nSPS) is 19.8. The third-order valence-electron chi connectivity index (χ3n) is 2.99. The zero-order chi connectivity index (χ0) is 11.8. The van der Waals surface area contributed by atoms with Crippen LogP contribution in [0.5, 0.6) is 0 Å². The Bertz CT molecular complexity index is 398. The molecule has 2 rings (SSSR count). The summed E-state index contributed by atoms with van der Waals surface area (Å²) in [4.78, 5) is 14.1. The van der Waals surface area contributed by atoms with Crippen LogP contribution in [-0.4, -0.2) is 41.1 Å². The predicted octanol–water partition coefficient (Wildman–Crippen LogP) is 0.807. The molecule has 1 amide bonds. The molecule has 0 aliphatic carbocycles. The molecule has 0 unspecified atom stereocenters. The molecular formula is C11H17N3O2. The molecule has 0 aromatic carbocycles. The van der Waals surface area contributed by atoms with Gasteiger partial charge in [0.15, 0.2) is 0 Å². The van der Waals surface area contributed by atoms with Crippen LogP contribution in [0.25, 0.3) is 0 Å². The molecule has 88 valence electrons. The Hall–Kier alpha value is -1.36. The minimum Gasteiger partial charge on any atom is -0.351 e. The van der Waals surface area contributed by atoms with E-state index in [2.05, 4.69) is 10.5 Å². The minimum absolute atomic E-state index is 0.0681. The number of carbonyl (C=O) groups excluding carboxylic acids is 1. The molecule has 0 radical (unpaired) electrons. The number of piperazine rings is 1. The maximum atomic E-state index is 12.3. The Morgan fingerprint density at radius 3 is 2.94 bits per heavy atom. The van der Waals surface area contributed by atoms with Crippen LogP contribution in [0.3, 0.4) is 0 Å². The lowest BCUT2D eigenvalue weighted by Gasteiger charge is -2.42. The molecule has 0 saturated carbocycles. The van der Waals surface area contributed by atoms with E-state index in [4.69, 9.17) is 4.52 Å². The Labute approximate surface area is 94.8 Å². The minimum atomic E-state index is -0.186. The van der Waals surface area contributed by atoms with Crippen molar-refractivity contribution in [3.05, 3.63) is 17.5 Å². The first-order chi connectivity index (χ1) is 7.52. The lowest BCUT2D eigenvalue weighted by molar-refractivity contribution is 0.0436. The summed E-state index contributed by atoms with van der Waals surface area (Å²) in [6.07, 6.45) is 1.57. The molecule has 0 atom stereocenters. The van der Waals surface area contributed by atoms with Crippen molar-refractivity contribution in [2.24, 2.45) is 0 Å². The Morgan fingerprint density at radius 1 is 1.62 bits per heavy atom. The smallest absolute Gasteiger partial charge is 0.293 e. The van der Waals surface area contributed by atoms with Gasteiger partial charge in [0.05, 0.1) is 11.7 Å². The Morgan fingerprint density at radius 2 is 2.38 bits per heavy atom. The average molecular weight is 223 g/mol. The van der Waals surface area contributed by atoms with Gasteiger partial charge in [-0.1, -0.05) is 5.16 Å². The van der Waals surface area contributed by atoms with Crippen molar-refractivity contribution in [2.75, 3.05) is 19.6 Å². The fourth-order valence-corrected chi connectivity index (χ4v) is 1.98. The van der Waals surface area contributed by atoms with E-state index in [0.29, 0.717) is 12.3 Å². The average Bonchev–Trinajstić information content (AvgIpc) is 2.63. The summed E-state index contributed by atoms with van der Waals surface area (Å²) in [6.45, 7) is 8.24. The summed E-state index contributed by atoms with van der Waals surface area (Å²) in [5.41, 5.74) is 0.605. The Kier molecular flexibility index (Phi) is 2.71. The van der Waals surface area contributed by atoms with Gasteiger partial charge in [-0.25, -0.2) is 0 Å². The van der Waals surface area contributed by atoms with Gasteiger partial charge in [0.2, 0.25) is 5.76 Å². The SMILES string of the molecule is Cc1cnoc1C(=O)N1CCNCC1(C)C. The summed E-state index contributed by atoms with van der Waals surface area (Å²) in [5.74, 6) is 0.288. The molecule has 1 aliphatic rings. The Balaban J connectivity index is 2.24. The monoisotopic (exact) mass is 223 g/mol. The van der Waals surface area contributed by atoms with Gasteiger partial charge >= 0.3 is 0 Å². The summed E-state index contributed by atoms with van der Waals surface area (Å²) >= 11 is 0. The van der Waals surface area contributed by atoms with Gasteiger partial charge < -0.3 is 14.7 Å². The van der Waals surface area contributed by atoms with Gasteiger partial charge in [-0.3, -0.25) is 4.79 Å². The van der Waals surface area contributed by atoms with Gasteiger partial charge in [0, 0.05) is 25.2 Å². The number of hydrogen-bond acceptors (Lipinski definition) is 4. The lowest BCUT2D eigenvalue weighted by atomic mass is 9.99. The standard InChI is InChI=1S/C11H17N3O2/c1-8-6-13-16-9(8)10(15)14-5-4-12-7-11(14,2)3/h6,12H,4-5,7H2,1-3H3. The van der Waals surface area contributed by atoms with Crippen LogP contribution >= 0.6 is 0 Å². The molecule has 5 heteroatoms. The number of nitrogens with one attached hydrogen (secondary N) is 1. The van der Waals surface area contributed by atoms with Crippen LogP contribution < -0.4 is 5.32 Å². The van der Waals surface area contributed by atoms with Crippen molar-refractivity contribution >= 4 is 5.91 Å². The summed E-state index contributed by atoms with van der Waals surface area (Å²) in [7, 11) is 0. The van der Waals surface area contributed by atoms with Gasteiger partial charge in [-0.2, -0.15) is 0 Å². The molecule has 1 aromatic rings. The number of amides is 1. The number of aryl methyl sites for hydroxylation is 1. The van der Waals surface area contributed by atoms with E-state index in [1.165, 1.54) is 0 Å². The summed E-state index contributed by atoms with van der Waals surface area (Å²) in [5, 5.41) is 6.93. The highest BCUT2D eigenvalue weighted by Crippen LogP contribution is 2.20. The van der Waals surface area contributed by atoms with Crippen molar-refractivity contribution in [1.29, 1.82) is 0 Å². The highest BCUT2D eigenvalue weighted by atomic mass is 16.5. The fourth-order valence-electron chi connectivity index (χ4n) is 1.98. The number of rotatable bonds is 1. The first-order valence-electron chi connectivity index (χ1n) is 5.46. The predicted molar refractivity (Wildman–Crippen MR) is 59.2 cm³/mol. The zero-order valence-corrected chi connectivity index (χ0v) is 9.91. The van der Waals surface area contributed by atoms with E-state index in [1.54, 1.807) is 6.20 Å². The highest BCUT2D eigenvalue weighted by Gasteiger charge is 2.35. The molecule has 2 heterocycles. The number of hydrogen-bond donors (Lipinski definition) is 1. The maximum Gasteiger partial charge on any atom is 0.293 e. The molecule has 0 spiro atoms. The quantitative estimate of drug-likeness (QED) is 0.765. The third kappa shape index (κ3) is 1.82. The summed E-state index contributed by atoms with van der Waals surface area (Å²) in [6, 6.07) is 0. The summed E-state index contributed by atoms with van der Waals surface area (Å²) < 4.78 is 5.01. The molecule has 1 saturated heterocycles. The van der Waals surface area contributed by atoms with E-state index >= 15 is 0 Å². The highest BCUT2D eigenvalue weighted by molar-refractivity contribution is 5.93. The van der Waals surface area contributed by atoms with Crippen molar-refractivity contribution < 1.29 is 9.32 Å². The molecule has 1 fully saturated rings.